The molecular weight excluding hydrogens is 354 g/mol. The zero-order valence-corrected chi connectivity index (χ0v) is 16.7. The molecule has 3 N–H and O–H groups in total. The molecule has 7 heteroatoms. The van der Waals surface area contributed by atoms with Crippen molar-refractivity contribution in [2.75, 3.05) is 32.7 Å². The Kier molecular flexibility index (Phi) is 7.80. The van der Waals surface area contributed by atoms with Gasteiger partial charge in [-0.05, 0) is 56.8 Å². The van der Waals surface area contributed by atoms with E-state index in [0.29, 0.717) is 25.6 Å². The minimum absolute atomic E-state index is 0.0506. The summed E-state index contributed by atoms with van der Waals surface area (Å²) in [6.07, 6.45) is 8.85. The second kappa shape index (κ2) is 10.5. The van der Waals surface area contributed by atoms with Crippen LogP contribution in [0.3, 0.4) is 0 Å². The van der Waals surface area contributed by atoms with Crippen LogP contribution in [-0.2, 0) is 16.1 Å². The van der Waals surface area contributed by atoms with Crippen LogP contribution < -0.4 is 11.1 Å². The van der Waals surface area contributed by atoms with Crippen LogP contribution in [0.5, 0.6) is 0 Å². The molecule has 0 unspecified atom stereocenters. The van der Waals surface area contributed by atoms with Crippen LogP contribution in [0.2, 0.25) is 0 Å². The monoisotopic (exact) mass is 387 g/mol. The SMILES string of the molecule is NCCCC(=O)N1CCC(N2CCC[C@@H](C(=O)NCc3cccnc3)C2)CC1. The van der Waals surface area contributed by atoms with Crippen LogP contribution >= 0.6 is 0 Å². The zero-order chi connectivity index (χ0) is 19.8. The largest absolute Gasteiger partial charge is 0.352 e. The molecule has 7 nitrogen and oxygen atoms in total. The molecule has 154 valence electrons. The molecule has 0 aromatic carbocycles. The Hall–Kier alpha value is -1.99. The molecule has 0 aliphatic carbocycles. The highest BCUT2D eigenvalue weighted by Gasteiger charge is 2.32. The van der Waals surface area contributed by atoms with Gasteiger partial charge in [0.25, 0.3) is 0 Å². The fourth-order valence-electron chi connectivity index (χ4n) is 4.28. The summed E-state index contributed by atoms with van der Waals surface area (Å²) in [5, 5.41) is 3.06. The maximum Gasteiger partial charge on any atom is 0.224 e. The number of aromatic nitrogens is 1. The fourth-order valence-corrected chi connectivity index (χ4v) is 4.28. The standard InChI is InChI=1S/C21H33N5O2/c22-9-1-6-20(27)25-12-7-19(8-13-25)26-11-3-5-18(16-26)21(28)24-15-17-4-2-10-23-14-17/h2,4,10,14,18-19H,1,3,5-9,11-13,15-16,22H2,(H,24,28)/t18-/m1/s1. The van der Waals surface area contributed by atoms with E-state index in [2.05, 4.69) is 15.2 Å². The number of amides is 2. The van der Waals surface area contributed by atoms with Crippen molar-refractivity contribution in [1.29, 1.82) is 0 Å². The number of carbonyl (C=O) groups is 2. The second-order valence-electron chi connectivity index (χ2n) is 7.92. The first-order valence-corrected chi connectivity index (χ1v) is 10.6. The van der Waals surface area contributed by atoms with Crippen LogP contribution in [0, 0.1) is 5.92 Å². The van der Waals surface area contributed by atoms with Gasteiger partial charge in [0.05, 0.1) is 5.92 Å². The van der Waals surface area contributed by atoms with Gasteiger partial charge in [0.15, 0.2) is 0 Å². The molecule has 1 aromatic heterocycles. The maximum atomic E-state index is 12.6. The van der Waals surface area contributed by atoms with E-state index in [1.54, 1.807) is 12.4 Å². The third-order valence-corrected chi connectivity index (χ3v) is 5.94. The predicted molar refractivity (Wildman–Crippen MR) is 108 cm³/mol. The minimum Gasteiger partial charge on any atom is -0.352 e. The highest BCUT2D eigenvalue weighted by atomic mass is 16.2. The first kappa shape index (κ1) is 20.7. The molecular formula is C21H33N5O2. The Morgan fingerprint density at radius 3 is 2.75 bits per heavy atom. The average Bonchev–Trinajstić information content (AvgIpc) is 2.76. The van der Waals surface area contributed by atoms with Gasteiger partial charge in [-0.15, -0.1) is 0 Å². The van der Waals surface area contributed by atoms with Gasteiger partial charge < -0.3 is 16.0 Å². The Labute approximate surface area is 167 Å². The lowest BCUT2D eigenvalue weighted by molar-refractivity contribution is -0.133. The van der Waals surface area contributed by atoms with E-state index in [1.807, 2.05) is 17.0 Å². The lowest BCUT2D eigenvalue weighted by Crippen LogP contribution is -2.51. The maximum absolute atomic E-state index is 12.6. The van der Waals surface area contributed by atoms with Crippen molar-refractivity contribution in [3.05, 3.63) is 30.1 Å². The van der Waals surface area contributed by atoms with E-state index in [-0.39, 0.29) is 17.7 Å². The van der Waals surface area contributed by atoms with Gasteiger partial charge in [-0.2, -0.15) is 0 Å². The molecule has 3 rings (SSSR count). The second-order valence-corrected chi connectivity index (χ2v) is 7.92. The van der Waals surface area contributed by atoms with Gasteiger partial charge in [0, 0.05) is 51.0 Å². The minimum atomic E-state index is 0.0506. The summed E-state index contributed by atoms with van der Waals surface area (Å²) >= 11 is 0. The number of pyridine rings is 1. The number of piperidine rings is 2. The Balaban J connectivity index is 1.43. The van der Waals surface area contributed by atoms with Crippen molar-refractivity contribution in [2.24, 2.45) is 11.7 Å². The van der Waals surface area contributed by atoms with E-state index in [9.17, 15) is 9.59 Å². The first-order valence-electron chi connectivity index (χ1n) is 10.6. The van der Waals surface area contributed by atoms with E-state index in [1.165, 1.54) is 0 Å². The highest BCUT2D eigenvalue weighted by Crippen LogP contribution is 2.24. The first-order chi connectivity index (χ1) is 13.7. The molecule has 0 radical (unpaired) electrons. The third kappa shape index (κ3) is 5.75. The average molecular weight is 388 g/mol. The van der Waals surface area contributed by atoms with Gasteiger partial charge in [0.2, 0.25) is 11.8 Å². The van der Waals surface area contributed by atoms with Gasteiger partial charge in [-0.1, -0.05) is 6.07 Å². The number of nitrogens with two attached hydrogens (primary N) is 1. The number of hydrogen-bond acceptors (Lipinski definition) is 5. The summed E-state index contributed by atoms with van der Waals surface area (Å²) < 4.78 is 0. The smallest absolute Gasteiger partial charge is 0.224 e. The molecule has 0 saturated carbocycles. The molecule has 2 fully saturated rings. The van der Waals surface area contributed by atoms with Crippen LogP contribution in [-0.4, -0.2) is 65.4 Å². The number of rotatable bonds is 7. The van der Waals surface area contributed by atoms with Crippen LogP contribution in [0.25, 0.3) is 0 Å². The summed E-state index contributed by atoms with van der Waals surface area (Å²) in [6, 6.07) is 4.34. The van der Waals surface area contributed by atoms with Gasteiger partial charge in [0.1, 0.15) is 0 Å². The van der Waals surface area contributed by atoms with Crippen LogP contribution in [0.1, 0.15) is 44.1 Å². The molecule has 2 aliphatic rings. The van der Waals surface area contributed by atoms with E-state index < -0.39 is 0 Å². The van der Waals surface area contributed by atoms with Crippen LogP contribution in [0.15, 0.2) is 24.5 Å². The van der Waals surface area contributed by atoms with Gasteiger partial charge in [-0.25, -0.2) is 0 Å². The quantitative estimate of drug-likeness (QED) is 0.732. The highest BCUT2D eigenvalue weighted by molar-refractivity contribution is 5.79. The van der Waals surface area contributed by atoms with Gasteiger partial charge >= 0.3 is 0 Å². The van der Waals surface area contributed by atoms with Crippen molar-refractivity contribution in [1.82, 2.24) is 20.1 Å². The van der Waals surface area contributed by atoms with E-state index >= 15 is 0 Å². The number of nitrogens with zero attached hydrogens (tertiary/aromatic N) is 3. The molecule has 1 aromatic rings. The number of nitrogens with one attached hydrogen (secondary N) is 1. The molecule has 2 aliphatic heterocycles. The molecule has 3 heterocycles. The molecule has 0 bridgehead atoms. The summed E-state index contributed by atoms with van der Waals surface area (Å²) in [5.74, 6) is 0.424. The van der Waals surface area contributed by atoms with Crippen molar-refractivity contribution < 1.29 is 9.59 Å². The van der Waals surface area contributed by atoms with E-state index in [4.69, 9.17) is 5.73 Å². The third-order valence-electron chi connectivity index (χ3n) is 5.94. The zero-order valence-electron chi connectivity index (χ0n) is 16.7. The Morgan fingerprint density at radius 2 is 2.04 bits per heavy atom. The number of hydrogen-bond donors (Lipinski definition) is 2. The lowest BCUT2D eigenvalue weighted by atomic mass is 9.93. The molecule has 2 saturated heterocycles. The molecule has 2 amide bonds. The number of likely N-dealkylation sites (tertiary alicyclic amines) is 2. The summed E-state index contributed by atoms with van der Waals surface area (Å²) in [7, 11) is 0. The Morgan fingerprint density at radius 1 is 1.21 bits per heavy atom. The topological polar surface area (TPSA) is 91.6 Å². The molecule has 28 heavy (non-hydrogen) atoms. The summed E-state index contributed by atoms with van der Waals surface area (Å²) in [5.41, 5.74) is 6.53. The summed E-state index contributed by atoms with van der Waals surface area (Å²) in [6.45, 7) is 4.63. The normalized spacial score (nSPS) is 21.5. The van der Waals surface area contributed by atoms with E-state index in [0.717, 1.165) is 63.8 Å². The lowest BCUT2D eigenvalue weighted by Gasteiger charge is -2.42. The predicted octanol–water partition coefficient (Wildman–Crippen LogP) is 1.14. The Bertz CT molecular complexity index is 631. The molecule has 1 atom stereocenters. The fraction of sp³-hybridized carbons (Fsp3) is 0.667. The van der Waals surface area contributed by atoms with Crippen molar-refractivity contribution in [2.45, 2.75) is 51.1 Å². The molecule has 0 spiro atoms. The number of carbonyl (C=O) groups excluding carboxylic acids is 2. The van der Waals surface area contributed by atoms with Crippen molar-refractivity contribution in [3.8, 4) is 0 Å². The summed E-state index contributed by atoms with van der Waals surface area (Å²) in [4.78, 5) is 33.3. The van der Waals surface area contributed by atoms with Crippen molar-refractivity contribution in [3.63, 3.8) is 0 Å². The van der Waals surface area contributed by atoms with Crippen molar-refractivity contribution >= 4 is 11.8 Å². The van der Waals surface area contributed by atoms with Gasteiger partial charge in [-0.3, -0.25) is 19.5 Å². The van der Waals surface area contributed by atoms with Crippen LogP contribution in [0.4, 0.5) is 0 Å².